The average molecular weight is 281 g/mol. The predicted octanol–water partition coefficient (Wildman–Crippen LogP) is 2.72. The number of amides is 1. The van der Waals surface area contributed by atoms with Crippen molar-refractivity contribution in [2.45, 2.75) is 5.92 Å². The van der Waals surface area contributed by atoms with Gasteiger partial charge < -0.3 is 14.8 Å². The summed E-state index contributed by atoms with van der Waals surface area (Å²) in [5.74, 6) is 0.0411. The van der Waals surface area contributed by atoms with E-state index in [0.717, 1.165) is 0 Å². The van der Waals surface area contributed by atoms with Crippen molar-refractivity contribution < 1.29 is 14.3 Å². The topological polar surface area (TPSA) is 55.4 Å². The third kappa shape index (κ3) is 2.52. The van der Waals surface area contributed by atoms with Crippen LogP contribution in [0, 0.1) is 0 Å². The van der Waals surface area contributed by atoms with E-state index < -0.39 is 6.09 Å². The number of ether oxygens (including phenoxy) is 1. The number of hydrogen-bond acceptors (Lipinski definition) is 3. The molecule has 0 bridgehead atoms. The molecule has 0 aromatic heterocycles. The van der Waals surface area contributed by atoms with Crippen molar-refractivity contribution in [1.29, 1.82) is 0 Å². The number of aldehydes is 1. The Labute approximate surface area is 122 Å². The van der Waals surface area contributed by atoms with Crippen LogP contribution >= 0.6 is 0 Å². The minimum absolute atomic E-state index is 0.0311. The van der Waals surface area contributed by atoms with E-state index in [9.17, 15) is 9.59 Å². The lowest BCUT2D eigenvalue weighted by Crippen LogP contribution is -2.27. The number of fused-ring (bicyclic) bond motifs is 3. The van der Waals surface area contributed by atoms with E-state index in [1.165, 1.54) is 22.3 Å². The number of nitrogens with one attached hydrogen (secondary N) is 1. The van der Waals surface area contributed by atoms with E-state index in [-0.39, 0.29) is 19.1 Å². The quantitative estimate of drug-likeness (QED) is 0.877. The smallest absolute Gasteiger partial charge is 0.407 e. The molecule has 106 valence electrons. The van der Waals surface area contributed by atoms with Gasteiger partial charge in [0, 0.05) is 5.92 Å². The molecular weight excluding hydrogens is 266 g/mol. The number of alkyl carbamates (subject to hydrolysis) is 1. The highest BCUT2D eigenvalue weighted by molar-refractivity contribution is 5.79. The van der Waals surface area contributed by atoms with Crippen LogP contribution in [0.2, 0.25) is 0 Å². The van der Waals surface area contributed by atoms with Crippen molar-refractivity contribution in [3.8, 4) is 11.1 Å². The standard InChI is InChI=1S/C17H15NO3/c19-10-9-18-17(20)21-11-16-14-7-3-1-5-12(14)13-6-2-4-8-15(13)16/h1-8,10,16H,9,11H2,(H,18,20). The summed E-state index contributed by atoms with van der Waals surface area (Å²) in [6.07, 6.45) is 0.0606. The Kier molecular flexibility index (Phi) is 3.69. The molecule has 2 aromatic rings. The third-order valence-electron chi connectivity index (χ3n) is 3.67. The van der Waals surface area contributed by atoms with Crippen LogP contribution < -0.4 is 5.32 Å². The van der Waals surface area contributed by atoms with Crippen molar-refractivity contribution in [2.24, 2.45) is 0 Å². The van der Waals surface area contributed by atoms with E-state index in [2.05, 4.69) is 29.6 Å². The zero-order valence-corrected chi connectivity index (χ0v) is 11.4. The molecule has 1 N–H and O–H groups in total. The fraction of sp³-hybridized carbons (Fsp3) is 0.176. The summed E-state index contributed by atoms with van der Waals surface area (Å²) in [6, 6.07) is 16.3. The number of carbonyl (C=O) groups is 2. The Bertz CT molecular complexity index is 636. The maximum Gasteiger partial charge on any atom is 0.407 e. The predicted molar refractivity (Wildman–Crippen MR) is 79.1 cm³/mol. The van der Waals surface area contributed by atoms with E-state index >= 15 is 0 Å². The molecule has 4 heteroatoms. The van der Waals surface area contributed by atoms with Gasteiger partial charge in [-0.3, -0.25) is 0 Å². The van der Waals surface area contributed by atoms with Gasteiger partial charge in [-0.05, 0) is 22.3 Å². The highest BCUT2D eigenvalue weighted by Crippen LogP contribution is 2.44. The first-order valence-electron chi connectivity index (χ1n) is 6.83. The third-order valence-corrected chi connectivity index (χ3v) is 3.67. The molecule has 21 heavy (non-hydrogen) atoms. The molecule has 2 aromatic carbocycles. The lowest BCUT2D eigenvalue weighted by Gasteiger charge is -2.14. The fourth-order valence-corrected chi connectivity index (χ4v) is 2.77. The van der Waals surface area contributed by atoms with Crippen molar-refractivity contribution >= 4 is 12.4 Å². The van der Waals surface area contributed by atoms with Crippen molar-refractivity contribution in [3.05, 3.63) is 59.7 Å². The Morgan fingerprint density at radius 3 is 2.19 bits per heavy atom. The summed E-state index contributed by atoms with van der Waals surface area (Å²) < 4.78 is 5.23. The van der Waals surface area contributed by atoms with Crippen LogP contribution in [0.25, 0.3) is 11.1 Å². The van der Waals surface area contributed by atoms with Gasteiger partial charge in [0.15, 0.2) is 0 Å². The number of rotatable bonds is 4. The van der Waals surface area contributed by atoms with Crippen LogP contribution in [0.4, 0.5) is 4.79 Å². The number of hydrogen-bond donors (Lipinski definition) is 1. The second-order valence-electron chi connectivity index (χ2n) is 4.87. The maximum atomic E-state index is 11.5. The Morgan fingerprint density at radius 2 is 1.62 bits per heavy atom. The Balaban J connectivity index is 1.82. The van der Waals surface area contributed by atoms with Crippen LogP contribution in [-0.2, 0) is 9.53 Å². The molecule has 0 spiro atoms. The van der Waals surface area contributed by atoms with Gasteiger partial charge in [0.25, 0.3) is 0 Å². The molecule has 0 saturated carbocycles. The van der Waals surface area contributed by atoms with Gasteiger partial charge in [0.1, 0.15) is 12.9 Å². The lowest BCUT2D eigenvalue weighted by atomic mass is 9.98. The Morgan fingerprint density at radius 1 is 1.05 bits per heavy atom. The first-order chi connectivity index (χ1) is 10.3. The van der Waals surface area contributed by atoms with E-state index in [0.29, 0.717) is 6.29 Å². The van der Waals surface area contributed by atoms with Crippen LogP contribution in [0.15, 0.2) is 48.5 Å². The summed E-state index contributed by atoms with van der Waals surface area (Å²) in [5, 5.41) is 2.38. The molecular formula is C17H15NO3. The van der Waals surface area contributed by atoms with Gasteiger partial charge in [-0.15, -0.1) is 0 Å². The van der Waals surface area contributed by atoms with E-state index in [4.69, 9.17) is 4.74 Å². The maximum absolute atomic E-state index is 11.5. The fourth-order valence-electron chi connectivity index (χ4n) is 2.77. The Hall–Kier alpha value is -2.62. The zero-order chi connectivity index (χ0) is 14.7. The van der Waals surface area contributed by atoms with Gasteiger partial charge in [0.2, 0.25) is 0 Å². The molecule has 0 fully saturated rings. The number of benzene rings is 2. The summed E-state index contributed by atoms with van der Waals surface area (Å²) in [4.78, 5) is 21.7. The summed E-state index contributed by atoms with van der Waals surface area (Å²) >= 11 is 0. The first kappa shape index (κ1) is 13.4. The van der Waals surface area contributed by atoms with Gasteiger partial charge in [-0.1, -0.05) is 48.5 Å². The average Bonchev–Trinajstić information content (AvgIpc) is 2.85. The molecule has 1 aliphatic rings. The van der Waals surface area contributed by atoms with Gasteiger partial charge in [-0.2, -0.15) is 0 Å². The molecule has 0 unspecified atom stereocenters. The minimum Gasteiger partial charge on any atom is -0.449 e. The van der Waals surface area contributed by atoms with Crippen LogP contribution in [0.3, 0.4) is 0 Å². The molecule has 0 saturated heterocycles. The zero-order valence-electron chi connectivity index (χ0n) is 11.4. The molecule has 4 nitrogen and oxygen atoms in total. The molecule has 0 aliphatic heterocycles. The van der Waals surface area contributed by atoms with Crippen LogP contribution in [-0.4, -0.2) is 25.5 Å². The second-order valence-corrected chi connectivity index (χ2v) is 4.87. The van der Waals surface area contributed by atoms with E-state index in [1.807, 2.05) is 24.3 Å². The summed E-state index contributed by atoms with van der Waals surface area (Å²) in [5.41, 5.74) is 4.72. The van der Waals surface area contributed by atoms with Gasteiger partial charge >= 0.3 is 6.09 Å². The van der Waals surface area contributed by atoms with E-state index in [1.54, 1.807) is 0 Å². The SMILES string of the molecule is O=CCNC(=O)OCC1c2ccccc2-c2ccccc21. The highest BCUT2D eigenvalue weighted by atomic mass is 16.5. The minimum atomic E-state index is -0.566. The molecule has 0 heterocycles. The summed E-state index contributed by atoms with van der Waals surface area (Å²) in [7, 11) is 0. The lowest BCUT2D eigenvalue weighted by molar-refractivity contribution is -0.107. The normalized spacial score (nSPS) is 12.4. The van der Waals surface area contributed by atoms with Gasteiger partial charge in [0.05, 0.1) is 6.54 Å². The first-order valence-corrected chi connectivity index (χ1v) is 6.83. The monoisotopic (exact) mass is 281 g/mol. The second kappa shape index (κ2) is 5.79. The molecule has 3 rings (SSSR count). The largest absolute Gasteiger partial charge is 0.449 e. The summed E-state index contributed by atoms with van der Waals surface area (Å²) in [6.45, 7) is 0.232. The molecule has 1 amide bonds. The van der Waals surface area contributed by atoms with Gasteiger partial charge in [-0.25, -0.2) is 4.79 Å². The van der Waals surface area contributed by atoms with Crippen LogP contribution in [0.5, 0.6) is 0 Å². The highest BCUT2D eigenvalue weighted by Gasteiger charge is 2.28. The molecule has 0 radical (unpaired) electrons. The van der Waals surface area contributed by atoms with Crippen LogP contribution in [0.1, 0.15) is 17.0 Å². The van der Waals surface area contributed by atoms with Crippen molar-refractivity contribution in [1.82, 2.24) is 5.32 Å². The molecule has 1 aliphatic carbocycles. The van der Waals surface area contributed by atoms with Crippen molar-refractivity contribution in [2.75, 3.05) is 13.2 Å². The number of carbonyl (C=O) groups excluding carboxylic acids is 2. The molecule has 0 atom stereocenters. The van der Waals surface area contributed by atoms with Crippen molar-refractivity contribution in [3.63, 3.8) is 0 Å².